The number of aromatic amines is 1. The number of nitrogens with two attached hydrogens (primary N) is 1. The third-order valence-electron chi connectivity index (χ3n) is 14.6. The SMILES string of the molecule is CCN1\C(=C/C=C/C=C/C2=[N+](CCCCCC(=O)NCCSSCCC(=O)NCC#Cc3cn([C@H]4C[C@H](OCN=[N+]=[N-])[C@@H](COP(=O)(O)OP(=O)(O)OP(=O)(O)O)O4)c4nc(N)[nH]c(=O)c34)c3ccc(S(=O)(=O)O)cc3C2(C)C)C(C)(C)c2cc(C)ccc21. The van der Waals surface area contributed by atoms with Crippen molar-refractivity contribution >= 4 is 101 Å². The highest BCUT2D eigenvalue weighted by atomic mass is 33.1. The lowest BCUT2D eigenvalue weighted by Crippen LogP contribution is -2.29. The van der Waals surface area contributed by atoms with E-state index in [1.54, 1.807) is 12.1 Å². The summed E-state index contributed by atoms with van der Waals surface area (Å²) in [6.07, 6.45) is 10.7. The molecule has 3 aliphatic rings. The molecular weight excluding hydrogens is 1280 g/mol. The molecule has 35 heteroatoms. The average Bonchev–Trinajstić information content (AvgIpc) is 1.62. The highest BCUT2D eigenvalue weighted by Gasteiger charge is 2.46. The number of rotatable bonds is 30. The number of H-pyrrole nitrogens is 1. The third-order valence-corrected chi connectivity index (χ3v) is 21.6. The number of aryl methyl sites for hydroxylation is 1. The second kappa shape index (κ2) is 30.0. The van der Waals surface area contributed by atoms with Crippen molar-refractivity contribution in [3.8, 4) is 11.8 Å². The summed E-state index contributed by atoms with van der Waals surface area (Å²) < 4.78 is 97.0. The Morgan fingerprint density at radius 3 is 2.45 bits per heavy atom. The minimum atomic E-state index is -5.83. The summed E-state index contributed by atoms with van der Waals surface area (Å²) >= 11 is 0. The van der Waals surface area contributed by atoms with Crippen LogP contribution in [-0.2, 0) is 66.9 Å². The third kappa shape index (κ3) is 18.6. The molecule has 5 heterocycles. The number of phosphoric ester groups is 1. The molecule has 0 aliphatic carbocycles. The monoisotopic (exact) mass is 1350 g/mol. The summed E-state index contributed by atoms with van der Waals surface area (Å²) in [4.78, 5) is 87.2. The number of allylic oxidation sites excluding steroid dienone is 6. The van der Waals surface area contributed by atoms with Crippen molar-refractivity contribution in [1.82, 2.24) is 25.2 Å². The number of anilines is 2. The van der Waals surface area contributed by atoms with Crippen LogP contribution in [0.2, 0.25) is 0 Å². The van der Waals surface area contributed by atoms with Crippen molar-refractivity contribution in [3.63, 3.8) is 0 Å². The van der Waals surface area contributed by atoms with Gasteiger partial charge in [0.2, 0.25) is 23.5 Å². The Balaban J connectivity index is 0.844. The number of nitrogens with zero attached hydrogens (tertiary/aromatic N) is 7. The van der Waals surface area contributed by atoms with Gasteiger partial charge in [-0.05, 0) is 75.9 Å². The van der Waals surface area contributed by atoms with Crippen LogP contribution in [0.5, 0.6) is 0 Å². The fourth-order valence-electron chi connectivity index (χ4n) is 10.5. The first-order chi connectivity index (χ1) is 41.9. The van der Waals surface area contributed by atoms with Gasteiger partial charge in [0.25, 0.3) is 15.7 Å². The molecular formula is C54H71N11O18P3S3+. The summed E-state index contributed by atoms with van der Waals surface area (Å²) in [6, 6.07) is 11.3. The van der Waals surface area contributed by atoms with Crippen LogP contribution in [-0.4, -0.2) is 132 Å². The molecule has 482 valence electrons. The van der Waals surface area contributed by atoms with Crippen molar-refractivity contribution in [2.75, 3.05) is 61.7 Å². The molecule has 2 amide bonds. The predicted octanol–water partition coefficient (Wildman–Crippen LogP) is 7.95. The second-order valence-corrected chi connectivity index (χ2v) is 30.1. The molecule has 5 atom stereocenters. The highest BCUT2D eigenvalue weighted by Crippen LogP contribution is 2.66. The van der Waals surface area contributed by atoms with Crippen molar-refractivity contribution in [3.05, 3.63) is 122 Å². The van der Waals surface area contributed by atoms with Crippen molar-refractivity contribution in [2.24, 2.45) is 5.11 Å². The standard InChI is InChI=1S/C54H70N11O18P3S3/c1-7-63-40-21-19-35(2)29-38(40)53(3,4)44(63)16-10-8-11-17-45-54(5,6)39-30-37(89(76,77)78)20-22-41(39)64(45)26-13-9-12-18-46(66)58-25-28-88-87-27-23-47(67)57-24-14-15-36-32-65(50-49(36)51(68)61-52(55)60-50)48-31-42(79-34-59-62-56)43(81-48)33-80-85(72,73)83-86(74,75)82-84(69,70)71/h8,10-11,16-17,19-22,29-30,32,42-43,48H,7,9,12-13,18,23-28,31,33-34H2,1-6H3,(H9-,55,57,58,60,61,66,67,68,69,70,71,72,73,74,75,76,77,78)/p+1/t42-,43+,48+/m0/s1. The first kappa shape index (κ1) is 70.6. The smallest absolute Gasteiger partial charge is 0.369 e. The van der Waals surface area contributed by atoms with E-state index in [1.165, 1.54) is 60.9 Å². The number of hydrogen-bond acceptors (Lipinski definition) is 19. The Morgan fingerprint density at radius 1 is 0.989 bits per heavy atom. The number of amides is 2. The van der Waals surface area contributed by atoms with Gasteiger partial charge in [-0.15, -0.1) is 0 Å². The van der Waals surface area contributed by atoms with Crippen molar-refractivity contribution in [2.45, 2.75) is 114 Å². The Bertz CT molecular complexity index is 3910. The van der Waals surface area contributed by atoms with Crippen LogP contribution in [0, 0.1) is 18.8 Å². The zero-order valence-corrected chi connectivity index (χ0v) is 54.5. The number of phosphoric acid groups is 3. The minimum absolute atomic E-state index is 0.0172. The van der Waals surface area contributed by atoms with Crippen LogP contribution in [0.3, 0.4) is 0 Å². The highest BCUT2D eigenvalue weighted by molar-refractivity contribution is 8.76. The van der Waals surface area contributed by atoms with E-state index in [-0.39, 0.29) is 64.1 Å². The summed E-state index contributed by atoms with van der Waals surface area (Å²) in [6.45, 7) is 13.1. The zero-order valence-electron chi connectivity index (χ0n) is 49.4. The van der Waals surface area contributed by atoms with Crippen molar-refractivity contribution < 1.29 is 83.0 Å². The number of aromatic nitrogens is 3. The van der Waals surface area contributed by atoms with Gasteiger partial charge >= 0.3 is 23.5 Å². The Hall–Kier alpha value is -5.90. The maximum absolute atomic E-state index is 13.2. The molecule has 2 unspecified atom stereocenters. The van der Waals surface area contributed by atoms with Gasteiger partial charge in [-0.25, -0.2) is 13.7 Å². The first-order valence-electron chi connectivity index (χ1n) is 27.8. The molecule has 0 spiro atoms. The van der Waals surface area contributed by atoms with Crippen LogP contribution in [0.15, 0.2) is 93.5 Å². The molecule has 29 nitrogen and oxygen atoms in total. The Labute approximate surface area is 521 Å². The number of nitrogen functional groups attached to an aromatic ring is 1. The molecule has 1 fully saturated rings. The molecule has 89 heavy (non-hydrogen) atoms. The summed E-state index contributed by atoms with van der Waals surface area (Å²) in [5.41, 5.74) is 20.8. The molecule has 1 saturated heterocycles. The van der Waals surface area contributed by atoms with Gasteiger partial charge in [0.05, 0.1) is 40.5 Å². The van der Waals surface area contributed by atoms with E-state index >= 15 is 0 Å². The number of fused-ring (bicyclic) bond motifs is 3. The number of benzene rings is 2. The van der Waals surface area contributed by atoms with Crippen LogP contribution in [0.25, 0.3) is 21.5 Å². The van der Waals surface area contributed by atoms with Gasteiger partial charge in [-0.2, -0.15) is 26.6 Å². The predicted molar refractivity (Wildman–Crippen MR) is 336 cm³/mol. The fraction of sp³-hybridized carbons (Fsp3) is 0.463. The molecule has 0 radical (unpaired) electrons. The van der Waals surface area contributed by atoms with E-state index in [1.807, 2.05) is 32.1 Å². The van der Waals surface area contributed by atoms with Crippen molar-refractivity contribution in [1.29, 1.82) is 0 Å². The number of hydrogen-bond donors (Lipinski definition) is 9. The van der Waals surface area contributed by atoms with Gasteiger partial charge in [-0.1, -0.05) is 88.3 Å². The Kier molecular flexibility index (Phi) is 23.8. The number of unbranched alkanes of at least 4 members (excludes halogenated alkanes) is 2. The van der Waals surface area contributed by atoms with Gasteiger partial charge in [0.1, 0.15) is 25.6 Å². The molecule has 3 aliphatic heterocycles. The number of ether oxygens (including phenoxy) is 2. The lowest BCUT2D eigenvalue weighted by molar-refractivity contribution is -0.438. The van der Waals surface area contributed by atoms with E-state index in [2.05, 4.69) is 119 Å². The molecule has 2 aromatic heterocycles. The first-order valence-corrected chi connectivity index (χ1v) is 36.2. The van der Waals surface area contributed by atoms with Crippen LogP contribution in [0.1, 0.15) is 102 Å². The quantitative estimate of drug-likeness (QED) is 0.00228. The summed E-state index contributed by atoms with van der Waals surface area (Å²) in [7, 11) is -18.5. The maximum Gasteiger partial charge on any atom is 0.490 e. The van der Waals surface area contributed by atoms with Crippen LogP contribution >= 0.6 is 45.1 Å². The summed E-state index contributed by atoms with van der Waals surface area (Å²) in [5, 5.41) is 8.92. The fourth-order valence-corrected chi connectivity index (χ4v) is 16.0. The normalized spacial score (nSPS) is 19.7. The van der Waals surface area contributed by atoms with Crippen LogP contribution in [0.4, 0.5) is 17.3 Å². The summed E-state index contributed by atoms with van der Waals surface area (Å²) in [5.74, 6) is 6.02. The number of likely N-dealkylation sites (N-methyl/N-ethyl adjacent to an activating group) is 1. The Morgan fingerprint density at radius 2 is 1.73 bits per heavy atom. The largest absolute Gasteiger partial charge is 0.490 e. The van der Waals surface area contributed by atoms with E-state index in [9.17, 15) is 50.8 Å². The molecule has 2 aromatic carbocycles. The number of carbonyl (C=O) groups excluding carboxylic acids is 2. The molecule has 0 saturated carbocycles. The number of nitrogens with one attached hydrogen (secondary N) is 3. The minimum Gasteiger partial charge on any atom is -0.369 e. The van der Waals surface area contributed by atoms with E-state index in [0.29, 0.717) is 37.4 Å². The molecule has 10 N–H and O–H groups in total. The van der Waals surface area contributed by atoms with Gasteiger partial charge in [0.15, 0.2) is 11.4 Å². The van der Waals surface area contributed by atoms with Gasteiger partial charge in [0, 0.05) is 95.9 Å². The lowest BCUT2D eigenvalue weighted by Gasteiger charge is -2.25. The van der Waals surface area contributed by atoms with E-state index < -0.39 is 76.3 Å². The van der Waals surface area contributed by atoms with Gasteiger partial charge < -0.3 is 54.9 Å². The average molecular weight is 1350 g/mol. The number of carbonyl (C=O) groups is 2. The lowest BCUT2D eigenvalue weighted by atomic mass is 9.81. The van der Waals surface area contributed by atoms with Crippen LogP contribution < -0.4 is 26.8 Å². The molecule has 4 aromatic rings. The zero-order chi connectivity index (χ0) is 65.1. The van der Waals surface area contributed by atoms with E-state index in [4.69, 9.17) is 35.0 Å². The second-order valence-electron chi connectivity index (χ2n) is 21.6. The number of azide groups is 1. The molecule has 0 bridgehead atoms. The topological polar surface area (TPSA) is 423 Å². The van der Waals surface area contributed by atoms with E-state index in [0.717, 1.165) is 36.3 Å². The van der Waals surface area contributed by atoms with Gasteiger partial charge in [-0.3, -0.25) is 28.4 Å². The maximum atomic E-state index is 13.2. The molecule has 7 rings (SSSR count).